The van der Waals surface area contributed by atoms with Crippen molar-refractivity contribution in [2.45, 2.75) is 13.5 Å². The van der Waals surface area contributed by atoms with Gasteiger partial charge in [-0.25, -0.2) is 0 Å². The van der Waals surface area contributed by atoms with E-state index in [-0.39, 0.29) is 5.91 Å². The number of nitrogens with two attached hydrogens (primary N) is 1. The molecule has 162 valence electrons. The lowest BCUT2D eigenvalue weighted by Crippen LogP contribution is -2.39. The van der Waals surface area contributed by atoms with Crippen molar-refractivity contribution in [3.63, 3.8) is 0 Å². The van der Waals surface area contributed by atoms with Gasteiger partial charge in [0.1, 0.15) is 0 Å². The fraction of sp³-hybridized carbons (Fsp3) is 0.250. The van der Waals surface area contributed by atoms with E-state index in [0.29, 0.717) is 22.1 Å². The van der Waals surface area contributed by atoms with Gasteiger partial charge in [-0.15, -0.1) is 11.3 Å². The zero-order chi connectivity index (χ0) is 22.0. The van der Waals surface area contributed by atoms with E-state index in [1.807, 2.05) is 61.5 Å². The van der Waals surface area contributed by atoms with Gasteiger partial charge in [-0.05, 0) is 75.4 Å². The summed E-state index contributed by atoms with van der Waals surface area (Å²) in [5.41, 5.74) is 10.8. The van der Waals surface area contributed by atoms with Gasteiger partial charge < -0.3 is 11.1 Å². The number of nitrogens with zero attached hydrogens (tertiary/aromatic N) is 1. The maximum atomic E-state index is 12.7. The number of hydrogen-bond donors (Lipinski definition) is 2. The molecule has 0 bridgehead atoms. The lowest BCUT2D eigenvalue weighted by atomic mass is 10.1. The van der Waals surface area contributed by atoms with Crippen LogP contribution in [-0.4, -0.2) is 45.5 Å². The molecule has 0 spiro atoms. The van der Waals surface area contributed by atoms with Crippen LogP contribution in [0, 0.1) is 6.92 Å². The zero-order valence-electron chi connectivity index (χ0n) is 17.6. The van der Waals surface area contributed by atoms with Gasteiger partial charge in [0.2, 0.25) is 0 Å². The topological polar surface area (TPSA) is 75.4 Å². The SMILES string of the molecule is C=S1(=O)CCN(Cc2ccc(NC(=O)c3ccc(-c4cc(N)ccc4C)s3)cc2)CC1. The Morgan fingerprint density at radius 2 is 1.84 bits per heavy atom. The standard InChI is InChI=1S/C24H27N3O2S2/c1-17-3-6-19(25)15-21(17)22-9-10-23(30-22)24(28)26-20-7-4-18(5-8-20)16-27-11-13-31(2,29)14-12-27/h3-10,15H,2,11-14,16,25H2,1H3,(H,26,28). The van der Waals surface area contributed by atoms with E-state index >= 15 is 0 Å². The smallest absolute Gasteiger partial charge is 0.265 e. The molecule has 0 radical (unpaired) electrons. The quantitative estimate of drug-likeness (QED) is 0.451. The Balaban J connectivity index is 1.38. The molecule has 0 atom stereocenters. The number of thiophene rings is 1. The third-order valence-electron chi connectivity index (χ3n) is 5.53. The Morgan fingerprint density at radius 1 is 1.13 bits per heavy atom. The van der Waals surface area contributed by atoms with E-state index in [0.717, 1.165) is 41.3 Å². The number of benzene rings is 2. The summed E-state index contributed by atoms with van der Waals surface area (Å²) in [5.74, 6) is 5.03. The predicted octanol–water partition coefficient (Wildman–Crippen LogP) is 4.09. The Morgan fingerprint density at radius 3 is 2.55 bits per heavy atom. The Bertz CT molecular complexity index is 1180. The molecule has 1 amide bonds. The van der Waals surface area contributed by atoms with E-state index < -0.39 is 9.52 Å². The minimum atomic E-state index is -1.87. The van der Waals surface area contributed by atoms with Crippen molar-refractivity contribution in [3.05, 3.63) is 70.6 Å². The summed E-state index contributed by atoms with van der Waals surface area (Å²) in [6, 6.07) is 17.6. The summed E-state index contributed by atoms with van der Waals surface area (Å²) < 4.78 is 12.0. The molecule has 7 heteroatoms. The van der Waals surface area contributed by atoms with Crippen LogP contribution in [0.25, 0.3) is 10.4 Å². The number of nitrogens with one attached hydrogen (secondary N) is 1. The van der Waals surface area contributed by atoms with Gasteiger partial charge in [-0.2, -0.15) is 0 Å². The van der Waals surface area contributed by atoms with Crippen LogP contribution in [0.1, 0.15) is 20.8 Å². The number of carbonyl (C=O) groups is 1. The van der Waals surface area contributed by atoms with Crippen molar-refractivity contribution in [2.75, 3.05) is 35.6 Å². The maximum Gasteiger partial charge on any atom is 0.265 e. The van der Waals surface area contributed by atoms with Crippen LogP contribution in [0.5, 0.6) is 0 Å². The molecule has 2 aromatic carbocycles. The second kappa shape index (κ2) is 8.86. The van der Waals surface area contributed by atoms with Crippen LogP contribution < -0.4 is 11.1 Å². The van der Waals surface area contributed by atoms with Crippen LogP contribution in [-0.2, 0) is 16.1 Å². The molecule has 1 fully saturated rings. The van der Waals surface area contributed by atoms with Crippen molar-refractivity contribution in [2.24, 2.45) is 0 Å². The first-order valence-electron chi connectivity index (χ1n) is 10.2. The molecule has 5 nitrogen and oxygen atoms in total. The first kappa shape index (κ1) is 21.6. The Kier molecular flexibility index (Phi) is 6.18. The fourth-order valence-corrected chi connectivity index (χ4v) is 5.99. The largest absolute Gasteiger partial charge is 0.399 e. The normalized spacial score (nSPS) is 16.2. The second-order valence-electron chi connectivity index (χ2n) is 8.04. The maximum absolute atomic E-state index is 12.7. The third-order valence-corrected chi connectivity index (χ3v) is 8.50. The van der Waals surface area contributed by atoms with Crippen LogP contribution in [0.4, 0.5) is 11.4 Å². The minimum absolute atomic E-state index is 0.119. The fourth-order valence-electron chi connectivity index (χ4n) is 3.62. The van der Waals surface area contributed by atoms with E-state index in [1.165, 1.54) is 16.9 Å². The Hall–Kier alpha value is -2.61. The molecule has 0 saturated carbocycles. The van der Waals surface area contributed by atoms with Crippen molar-refractivity contribution >= 4 is 44.0 Å². The number of hydrogen-bond acceptors (Lipinski definition) is 5. The highest BCUT2D eigenvalue weighted by Gasteiger charge is 2.17. The number of anilines is 2. The highest BCUT2D eigenvalue weighted by atomic mass is 32.2. The number of nitrogen functional groups attached to an aromatic ring is 1. The highest BCUT2D eigenvalue weighted by molar-refractivity contribution is 8.00. The van der Waals surface area contributed by atoms with Crippen molar-refractivity contribution in [1.29, 1.82) is 0 Å². The van der Waals surface area contributed by atoms with Crippen LogP contribution >= 0.6 is 11.3 Å². The average Bonchev–Trinajstić information content (AvgIpc) is 3.23. The molecule has 3 N–H and O–H groups in total. The molecule has 0 aliphatic carbocycles. The van der Waals surface area contributed by atoms with Gasteiger partial charge in [0, 0.05) is 47.4 Å². The van der Waals surface area contributed by atoms with Crippen molar-refractivity contribution < 1.29 is 9.00 Å². The molecule has 1 saturated heterocycles. The van der Waals surface area contributed by atoms with E-state index in [9.17, 15) is 9.00 Å². The predicted molar refractivity (Wildman–Crippen MR) is 134 cm³/mol. The molecule has 0 unspecified atom stereocenters. The summed E-state index contributed by atoms with van der Waals surface area (Å²) >= 11 is 1.46. The lowest BCUT2D eigenvalue weighted by Gasteiger charge is -2.28. The van der Waals surface area contributed by atoms with Crippen LogP contribution in [0.2, 0.25) is 0 Å². The summed E-state index contributed by atoms with van der Waals surface area (Å²) in [6.07, 6.45) is 0. The van der Waals surface area contributed by atoms with Gasteiger partial charge in [-0.1, -0.05) is 18.2 Å². The van der Waals surface area contributed by atoms with E-state index in [4.69, 9.17) is 5.73 Å². The average molecular weight is 454 g/mol. The molecule has 1 aliphatic heterocycles. The molecule has 1 aliphatic rings. The van der Waals surface area contributed by atoms with Crippen LogP contribution in [0.3, 0.4) is 0 Å². The number of rotatable bonds is 5. The number of aryl methyl sites for hydroxylation is 1. The molecule has 31 heavy (non-hydrogen) atoms. The number of carbonyl (C=O) groups excluding carboxylic acids is 1. The van der Waals surface area contributed by atoms with Gasteiger partial charge >= 0.3 is 0 Å². The monoisotopic (exact) mass is 453 g/mol. The molecular weight excluding hydrogens is 426 g/mol. The molecule has 3 aromatic rings. The van der Waals surface area contributed by atoms with E-state index in [1.54, 1.807) is 0 Å². The molecular formula is C24H27N3O2S2. The third kappa shape index (κ3) is 5.36. The lowest BCUT2D eigenvalue weighted by molar-refractivity contribution is 0.103. The molecule has 1 aromatic heterocycles. The van der Waals surface area contributed by atoms with Gasteiger partial charge in [-0.3, -0.25) is 13.9 Å². The second-order valence-corrected chi connectivity index (χ2v) is 11.9. The molecule has 4 rings (SSSR count). The van der Waals surface area contributed by atoms with Crippen molar-refractivity contribution in [1.82, 2.24) is 4.90 Å². The highest BCUT2D eigenvalue weighted by Crippen LogP contribution is 2.32. The summed E-state index contributed by atoms with van der Waals surface area (Å²) in [7, 11) is -1.87. The molecule has 2 heterocycles. The zero-order valence-corrected chi connectivity index (χ0v) is 19.2. The summed E-state index contributed by atoms with van der Waals surface area (Å²) in [5, 5.41) is 2.98. The minimum Gasteiger partial charge on any atom is -0.399 e. The van der Waals surface area contributed by atoms with Crippen LogP contribution in [0.15, 0.2) is 54.6 Å². The summed E-state index contributed by atoms with van der Waals surface area (Å²) in [4.78, 5) is 16.7. The van der Waals surface area contributed by atoms with Gasteiger partial charge in [0.25, 0.3) is 5.91 Å². The first-order chi connectivity index (χ1) is 14.8. The number of amides is 1. The Labute approximate surface area is 187 Å². The first-order valence-corrected chi connectivity index (χ1v) is 13.1. The van der Waals surface area contributed by atoms with E-state index in [2.05, 4.69) is 16.1 Å². The van der Waals surface area contributed by atoms with Crippen molar-refractivity contribution in [3.8, 4) is 10.4 Å². The summed E-state index contributed by atoms with van der Waals surface area (Å²) in [6.45, 7) is 4.48. The van der Waals surface area contributed by atoms with Gasteiger partial charge in [0.05, 0.1) is 4.88 Å². The van der Waals surface area contributed by atoms with Gasteiger partial charge in [0.15, 0.2) is 0 Å².